The third-order valence-electron chi connectivity index (χ3n) is 4.12. The van der Waals surface area contributed by atoms with Crippen molar-refractivity contribution in [3.05, 3.63) is 54.1 Å². The first-order chi connectivity index (χ1) is 13.2. The Balaban J connectivity index is 1.89. The van der Waals surface area contributed by atoms with E-state index in [0.717, 1.165) is 20.5 Å². The van der Waals surface area contributed by atoms with E-state index >= 15 is 0 Å². The molecule has 0 aliphatic rings. The molecule has 0 bridgehead atoms. The van der Waals surface area contributed by atoms with Crippen LogP contribution in [0, 0.1) is 6.92 Å². The minimum absolute atomic E-state index is 0.163. The maximum atomic E-state index is 12.6. The van der Waals surface area contributed by atoms with Crippen LogP contribution in [0.15, 0.2) is 58.3 Å². The molecule has 0 spiro atoms. The molecule has 8 heteroatoms. The zero-order chi connectivity index (χ0) is 20.7. The Labute approximate surface area is 171 Å². The number of carbonyl (C=O) groups excluding carboxylic acids is 1. The van der Waals surface area contributed by atoms with E-state index < -0.39 is 10.0 Å². The first-order valence-electron chi connectivity index (χ1n) is 8.82. The second-order valence-corrected chi connectivity index (χ2v) is 9.41. The minimum Gasteiger partial charge on any atom is -0.491 e. The maximum absolute atomic E-state index is 12.6. The Kier molecular flexibility index (Phi) is 7.91. The molecule has 0 saturated heterocycles. The van der Waals surface area contributed by atoms with Gasteiger partial charge in [0.1, 0.15) is 12.4 Å². The number of rotatable bonds is 9. The lowest BCUT2D eigenvalue weighted by atomic mass is 10.2. The van der Waals surface area contributed by atoms with Crippen molar-refractivity contribution in [2.45, 2.75) is 29.7 Å². The van der Waals surface area contributed by atoms with Crippen LogP contribution in [0.5, 0.6) is 5.75 Å². The number of hydrogen-bond acceptors (Lipinski definition) is 5. The molecule has 2 aromatic carbocycles. The number of ether oxygens (including phenoxy) is 1. The van der Waals surface area contributed by atoms with Gasteiger partial charge >= 0.3 is 0 Å². The fourth-order valence-electron chi connectivity index (χ4n) is 2.51. The molecular weight excluding hydrogens is 396 g/mol. The van der Waals surface area contributed by atoms with Crippen molar-refractivity contribution in [1.82, 2.24) is 9.62 Å². The van der Waals surface area contributed by atoms with E-state index in [1.165, 1.54) is 18.8 Å². The van der Waals surface area contributed by atoms with Gasteiger partial charge in [-0.2, -0.15) is 4.31 Å². The molecule has 2 rings (SSSR count). The second-order valence-electron chi connectivity index (χ2n) is 6.48. The fourth-order valence-corrected chi connectivity index (χ4v) is 4.05. The van der Waals surface area contributed by atoms with E-state index in [-0.39, 0.29) is 23.4 Å². The Bertz CT molecular complexity index is 899. The van der Waals surface area contributed by atoms with Crippen molar-refractivity contribution in [1.29, 1.82) is 0 Å². The minimum atomic E-state index is -3.72. The molecule has 6 nitrogen and oxygen atoms in total. The van der Waals surface area contributed by atoms with Crippen LogP contribution in [0.25, 0.3) is 0 Å². The van der Waals surface area contributed by atoms with Crippen molar-refractivity contribution in [2.24, 2.45) is 0 Å². The predicted octanol–water partition coefficient (Wildman–Crippen LogP) is 2.92. The Morgan fingerprint density at radius 1 is 1.18 bits per heavy atom. The van der Waals surface area contributed by atoms with Gasteiger partial charge in [-0.1, -0.05) is 18.2 Å². The molecule has 0 aromatic heterocycles. The number of nitrogens with one attached hydrogen (secondary N) is 1. The molecule has 2 aromatic rings. The van der Waals surface area contributed by atoms with Crippen molar-refractivity contribution in [3.8, 4) is 5.75 Å². The van der Waals surface area contributed by atoms with Gasteiger partial charge in [0.25, 0.3) is 0 Å². The van der Waals surface area contributed by atoms with Crippen LogP contribution in [-0.2, 0) is 14.8 Å². The summed E-state index contributed by atoms with van der Waals surface area (Å²) in [6.45, 7) is 3.79. The lowest BCUT2D eigenvalue weighted by molar-refractivity contribution is -0.121. The number of hydrogen-bond donors (Lipinski definition) is 1. The molecule has 28 heavy (non-hydrogen) atoms. The van der Waals surface area contributed by atoms with Gasteiger partial charge in [0.15, 0.2) is 0 Å². The molecule has 1 N–H and O–H groups in total. The smallest absolute Gasteiger partial charge is 0.243 e. The molecule has 0 heterocycles. The highest BCUT2D eigenvalue weighted by Gasteiger charge is 2.23. The molecule has 0 radical (unpaired) electrons. The highest BCUT2D eigenvalue weighted by atomic mass is 32.2. The number of carbonyl (C=O) groups is 1. The molecule has 152 valence electrons. The molecule has 1 atom stereocenters. The first-order valence-corrected chi connectivity index (χ1v) is 11.5. The van der Waals surface area contributed by atoms with Gasteiger partial charge < -0.3 is 10.1 Å². The summed E-state index contributed by atoms with van der Waals surface area (Å²) in [5.41, 5.74) is 1.01. The largest absolute Gasteiger partial charge is 0.491 e. The predicted molar refractivity (Wildman–Crippen MR) is 112 cm³/mol. The number of aryl methyl sites for hydroxylation is 1. The summed E-state index contributed by atoms with van der Waals surface area (Å²) in [4.78, 5) is 13.4. The van der Waals surface area contributed by atoms with E-state index in [1.54, 1.807) is 24.3 Å². The molecule has 0 unspecified atom stereocenters. The normalized spacial score (nSPS) is 12.6. The standard InChI is InChI=1S/C20H26N2O4S2/c1-15-7-5-6-8-19(15)26-14-16(2)21-20(23)13-22(3)28(24,25)18-11-9-17(27-4)10-12-18/h5-12,16H,13-14H2,1-4H3,(H,21,23)/t16-/m1/s1. The molecule has 0 aliphatic heterocycles. The number of para-hydroxylation sites is 1. The van der Waals surface area contributed by atoms with Gasteiger partial charge in [-0.25, -0.2) is 8.42 Å². The number of benzene rings is 2. The van der Waals surface area contributed by atoms with Crippen LogP contribution in [-0.4, -0.2) is 51.1 Å². The highest BCUT2D eigenvalue weighted by molar-refractivity contribution is 7.98. The summed E-state index contributed by atoms with van der Waals surface area (Å²) < 4.78 is 32.0. The van der Waals surface area contributed by atoms with Gasteiger partial charge in [-0.3, -0.25) is 4.79 Å². The average molecular weight is 423 g/mol. The van der Waals surface area contributed by atoms with E-state index in [2.05, 4.69) is 5.32 Å². The third kappa shape index (κ3) is 5.98. The zero-order valence-electron chi connectivity index (χ0n) is 16.5. The van der Waals surface area contributed by atoms with Crippen LogP contribution in [0.2, 0.25) is 0 Å². The number of nitrogens with zero attached hydrogens (tertiary/aromatic N) is 1. The molecular formula is C20H26N2O4S2. The quantitative estimate of drug-likeness (QED) is 0.629. The average Bonchev–Trinajstić information content (AvgIpc) is 2.67. The van der Waals surface area contributed by atoms with Crippen LogP contribution in [0.4, 0.5) is 0 Å². The SMILES string of the molecule is CSc1ccc(S(=O)(=O)N(C)CC(=O)N[C@H](C)COc2ccccc2C)cc1. The summed E-state index contributed by atoms with van der Waals surface area (Å²) in [6, 6.07) is 14.0. The van der Waals surface area contributed by atoms with Crippen molar-refractivity contribution >= 4 is 27.7 Å². The number of sulfonamides is 1. The third-order valence-corrected chi connectivity index (χ3v) is 6.68. The van der Waals surface area contributed by atoms with Crippen molar-refractivity contribution in [3.63, 3.8) is 0 Å². The van der Waals surface area contributed by atoms with E-state index in [0.29, 0.717) is 6.61 Å². The van der Waals surface area contributed by atoms with Gasteiger partial charge in [-0.15, -0.1) is 11.8 Å². The molecule has 0 saturated carbocycles. The van der Waals surface area contributed by atoms with Crippen LogP contribution in [0.1, 0.15) is 12.5 Å². The van der Waals surface area contributed by atoms with Crippen molar-refractivity contribution < 1.29 is 17.9 Å². The topological polar surface area (TPSA) is 75.7 Å². The van der Waals surface area contributed by atoms with Gasteiger partial charge in [0.05, 0.1) is 17.5 Å². The second kappa shape index (κ2) is 9.95. The Hall–Kier alpha value is -2.03. The fraction of sp³-hybridized carbons (Fsp3) is 0.350. The number of likely N-dealkylation sites (N-methyl/N-ethyl adjacent to an activating group) is 1. The summed E-state index contributed by atoms with van der Waals surface area (Å²) >= 11 is 1.53. The van der Waals surface area contributed by atoms with Crippen molar-refractivity contribution in [2.75, 3.05) is 26.5 Å². The van der Waals surface area contributed by atoms with E-state index in [4.69, 9.17) is 4.74 Å². The maximum Gasteiger partial charge on any atom is 0.243 e. The van der Waals surface area contributed by atoms with Crippen LogP contribution in [0.3, 0.4) is 0 Å². The summed E-state index contributed by atoms with van der Waals surface area (Å²) in [5.74, 6) is 0.379. The Morgan fingerprint density at radius 3 is 2.43 bits per heavy atom. The van der Waals surface area contributed by atoms with Gasteiger partial charge in [-0.05, 0) is 56.0 Å². The van der Waals surface area contributed by atoms with Crippen LogP contribution >= 0.6 is 11.8 Å². The summed E-state index contributed by atoms with van der Waals surface area (Å²) in [6.07, 6.45) is 1.92. The monoisotopic (exact) mass is 422 g/mol. The molecule has 0 aliphatic carbocycles. The molecule has 0 fully saturated rings. The summed E-state index contributed by atoms with van der Waals surface area (Å²) in [5, 5.41) is 2.77. The number of amides is 1. The molecule has 1 amide bonds. The van der Waals surface area contributed by atoms with E-state index in [9.17, 15) is 13.2 Å². The van der Waals surface area contributed by atoms with E-state index in [1.807, 2.05) is 44.4 Å². The zero-order valence-corrected chi connectivity index (χ0v) is 18.1. The Morgan fingerprint density at radius 2 is 1.82 bits per heavy atom. The van der Waals surface area contributed by atoms with Gasteiger partial charge in [0, 0.05) is 11.9 Å². The summed E-state index contributed by atoms with van der Waals surface area (Å²) in [7, 11) is -2.33. The highest BCUT2D eigenvalue weighted by Crippen LogP contribution is 2.20. The lowest BCUT2D eigenvalue weighted by Crippen LogP contribution is -2.43. The first kappa shape index (κ1) is 22.3. The van der Waals surface area contributed by atoms with Gasteiger partial charge in [0.2, 0.25) is 15.9 Å². The lowest BCUT2D eigenvalue weighted by Gasteiger charge is -2.20. The van der Waals surface area contributed by atoms with Crippen LogP contribution < -0.4 is 10.1 Å². The number of thioether (sulfide) groups is 1.